The average Bonchev–Trinajstić information content (AvgIpc) is 3.10. The topological polar surface area (TPSA) is 84.9 Å². The van der Waals surface area contributed by atoms with Gasteiger partial charge < -0.3 is 14.8 Å². The number of hydrogen-bond acceptors (Lipinski definition) is 5. The van der Waals surface area contributed by atoms with Crippen molar-refractivity contribution in [3.63, 3.8) is 0 Å². The van der Waals surface area contributed by atoms with E-state index in [2.05, 4.69) is 5.32 Å². The van der Waals surface area contributed by atoms with Crippen LogP contribution in [0, 0.1) is 0 Å². The van der Waals surface area contributed by atoms with Crippen molar-refractivity contribution in [2.45, 2.75) is 45.3 Å². The zero-order valence-electron chi connectivity index (χ0n) is 15.3. The Hall–Kier alpha value is -2.41. The van der Waals surface area contributed by atoms with Crippen LogP contribution in [0.25, 0.3) is 0 Å². The van der Waals surface area contributed by atoms with Crippen molar-refractivity contribution in [1.82, 2.24) is 5.32 Å². The Bertz CT molecular complexity index is 737. The molecule has 1 fully saturated rings. The van der Waals surface area contributed by atoms with E-state index in [0.29, 0.717) is 23.5 Å². The predicted molar refractivity (Wildman–Crippen MR) is 95.5 cm³/mol. The summed E-state index contributed by atoms with van der Waals surface area (Å²) in [6.07, 6.45) is 1.96. The van der Waals surface area contributed by atoms with Crippen LogP contribution >= 0.6 is 0 Å². The summed E-state index contributed by atoms with van der Waals surface area (Å²) in [5.74, 6) is -0.233. The Morgan fingerprint density at radius 2 is 2.12 bits per heavy atom. The van der Waals surface area contributed by atoms with Crippen molar-refractivity contribution in [2.75, 3.05) is 24.6 Å². The summed E-state index contributed by atoms with van der Waals surface area (Å²) in [5, 5.41) is 2.82. The lowest BCUT2D eigenvalue weighted by atomic mass is 10.0. The Morgan fingerprint density at radius 1 is 1.35 bits per heavy atom. The van der Waals surface area contributed by atoms with Crippen LogP contribution in [0.5, 0.6) is 5.75 Å². The van der Waals surface area contributed by atoms with Gasteiger partial charge in [0.05, 0.1) is 11.8 Å². The van der Waals surface area contributed by atoms with Gasteiger partial charge in [-0.25, -0.2) is 0 Å². The molecule has 0 aliphatic carbocycles. The molecule has 1 aromatic carbocycles. The first-order valence-electron chi connectivity index (χ1n) is 8.82. The minimum Gasteiger partial charge on any atom is -0.476 e. The van der Waals surface area contributed by atoms with Gasteiger partial charge in [0.1, 0.15) is 12.3 Å². The van der Waals surface area contributed by atoms with Gasteiger partial charge in [-0.3, -0.25) is 19.3 Å². The molecule has 0 bridgehead atoms. The molecule has 2 heterocycles. The van der Waals surface area contributed by atoms with E-state index < -0.39 is 5.60 Å². The highest BCUT2D eigenvalue weighted by molar-refractivity contribution is 6.07. The van der Waals surface area contributed by atoms with Gasteiger partial charge in [-0.05, 0) is 51.8 Å². The maximum Gasteiger partial charge on any atom is 0.271 e. The molecule has 2 amide bonds. The van der Waals surface area contributed by atoms with Crippen LogP contribution in [-0.4, -0.2) is 49.0 Å². The van der Waals surface area contributed by atoms with E-state index in [-0.39, 0.29) is 30.2 Å². The van der Waals surface area contributed by atoms with E-state index in [1.54, 1.807) is 32.0 Å². The molecule has 7 heteroatoms. The van der Waals surface area contributed by atoms with Crippen molar-refractivity contribution >= 4 is 23.3 Å². The molecule has 0 spiro atoms. The summed E-state index contributed by atoms with van der Waals surface area (Å²) in [6, 6.07) is 4.92. The number of carbonyl (C=O) groups excluding carboxylic acids is 3. The molecular weight excluding hydrogens is 336 g/mol. The number of Topliss-reactive ketones (excluding diaryl/α,β-unsaturated/α-hetero) is 1. The summed E-state index contributed by atoms with van der Waals surface area (Å²) in [4.78, 5) is 38.2. The fourth-order valence-electron chi connectivity index (χ4n) is 3.18. The molecule has 1 unspecified atom stereocenters. The van der Waals surface area contributed by atoms with Gasteiger partial charge in [-0.1, -0.05) is 0 Å². The molecule has 2 aliphatic heterocycles. The van der Waals surface area contributed by atoms with E-state index in [1.807, 2.05) is 0 Å². The maximum atomic E-state index is 12.8. The van der Waals surface area contributed by atoms with Crippen molar-refractivity contribution in [3.05, 3.63) is 23.8 Å². The van der Waals surface area contributed by atoms with Crippen LogP contribution in [0.1, 0.15) is 44.0 Å². The largest absolute Gasteiger partial charge is 0.476 e. The minimum absolute atomic E-state index is 0.0346. The summed E-state index contributed by atoms with van der Waals surface area (Å²) in [6.45, 7) is 5.80. The zero-order valence-corrected chi connectivity index (χ0v) is 15.3. The van der Waals surface area contributed by atoms with Gasteiger partial charge in [-0.15, -0.1) is 0 Å². The molecule has 1 saturated heterocycles. The number of carbonyl (C=O) groups is 3. The lowest BCUT2D eigenvalue weighted by Gasteiger charge is -2.38. The van der Waals surface area contributed by atoms with E-state index in [1.165, 1.54) is 11.8 Å². The molecule has 0 aromatic heterocycles. The minimum atomic E-state index is -1.08. The smallest absolute Gasteiger partial charge is 0.271 e. The molecule has 26 heavy (non-hydrogen) atoms. The molecule has 3 rings (SSSR count). The second-order valence-electron chi connectivity index (χ2n) is 7.18. The van der Waals surface area contributed by atoms with Crippen molar-refractivity contribution < 1.29 is 23.9 Å². The maximum absolute atomic E-state index is 12.8. The normalized spacial score (nSPS) is 21.1. The number of rotatable bonds is 5. The van der Waals surface area contributed by atoms with Crippen LogP contribution in [0.4, 0.5) is 5.69 Å². The van der Waals surface area contributed by atoms with Crippen LogP contribution in [-0.2, 0) is 14.3 Å². The van der Waals surface area contributed by atoms with E-state index in [9.17, 15) is 14.4 Å². The first-order chi connectivity index (χ1) is 12.3. The second kappa shape index (κ2) is 7.07. The SMILES string of the molecule is CC(=O)c1ccc2c(c1)N(CC(=O)NCC1CCCO1)C(=O)C(C)(C)O2. The van der Waals surface area contributed by atoms with Gasteiger partial charge >= 0.3 is 0 Å². The molecule has 1 N–H and O–H groups in total. The zero-order chi connectivity index (χ0) is 18.9. The van der Waals surface area contributed by atoms with Gasteiger partial charge in [0.25, 0.3) is 5.91 Å². The quantitative estimate of drug-likeness (QED) is 0.808. The summed E-state index contributed by atoms with van der Waals surface area (Å²) >= 11 is 0. The Kier molecular flexibility index (Phi) is 5.00. The molecule has 1 aromatic rings. The molecule has 0 radical (unpaired) electrons. The molecule has 2 aliphatic rings. The third-order valence-electron chi connectivity index (χ3n) is 4.63. The summed E-state index contributed by atoms with van der Waals surface area (Å²) < 4.78 is 11.3. The van der Waals surface area contributed by atoms with E-state index in [4.69, 9.17) is 9.47 Å². The van der Waals surface area contributed by atoms with Gasteiger partial charge in [0.2, 0.25) is 5.91 Å². The van der Waals surface area contributed by atoms with Crippen molar-refractivity contribution in [3.8, 4) is 5.75 Å². The highest BCUT2D eigenvalue weighted by atomic mass is 16.5. The van der Waals surface area contributed by atoms with Gasteiger partial charge in [0.15, 0.2) is 11.4 Å². The van der Waals surface area contributed by atoms with Crippen LogP contribution in [0.2, 0.25) is 0 Å². The highest BCUT2D eigenvalue weighted by Gasteiger charge is 2.41. The third kappa shape index (κ3) is 3.72. The Balaban J connectivity index is 1.79. The number of hydrogen-bond donors (Lipinski definition) is 1. The lowest BCUT2D eigenvalue weighted by Crippen LogP contribution is -2.55. The number of amides is 2. The fourth-order valence-corrected chi connectivity index (χ4v) is 3.18. The van der Waals surface area contributed by atoms with Gasteiger partial charge in [-0.2, -0.15) is 0 Å². The van der Waals surface area contributed by atoms with Crippen LogP contribution in [0.15, 0.2) is 18.2 Å². The standard InChI is InChI=1S/C19H24N2O5/c1-12(22)13-6-7-16-15(9-13)21(18(24)19(2,3)26-16)11-17(23)20-10-14-5-4-8-25-14/h6-7,9,14H,4-5,8,10-11H2,1-3H3,(H,20,23). The number of benzene rings is 1. The van der Waals surface area contributed by atoms with Crippen LogP contribution in [0.3, 0.4) is 0 Å². The number of nitrogens with one attached hydrogen (secondary N) is 1. The number of nitrogens with zero attached hydrogens (tertiary/aromatic N) is 1. The lowest BCUT2D eigenvalue weighted by molar-refractivity contribution is -0.134. The predicted octanol–water partition coefficient (Wildman–Crippen LogP) is 1.69. The van der Waals surface area contributed by atoms with Crippen molar-refractivity contribution in [1.29, 1.82) is 0 Å². The molecule has 140 valence electrons. The highest BCUT2D eigenvalue weighted by Crippen LogP contribution is 2.38. The number of ether oxygens (including phenoxy) is 2. The fraction of sp³-hybridized carbons (Fsp3) is 0.526. The molecule has 0 saturated carbocycles. The second-order valence-corrected chi connectivity index (χ2v) is 7.18. The Morgan fingerprint density at radius 3 is 2.77 bits per heavy atom. The number of anilines is 1. The molecular formula is C19H24N2O5. The summed E-state index contributed by atoms with van der Waals surface area (Å²) in [7, 11) is 0. The first kappa shape index (κ1) is 18.4. The first-order valence-corrected chi connectivity index (χ1v) is 8.82. The monoisotopic (exact) mass is 360 g/mol. The van der Waals surface area contributed by atoms with Gasteiger partial charge in [0, 0.05) is 18.7 Å². The van der Waals surface area contributed by atoms with E-state index >= 15 is 0 Å². The van der Waals surface area contributed by atoms with Crippen LogP contribution < -0.4 is 15.0 Å². The average molecular weight is 360 g/mol. The Labute approximate surface area is 152 Å². The summed E-state index contributed by atoms with van der Waals surface area (Å²) in [5.41, 5.74) is -0.182. The van der Waals surface area contributed by atoms with Crippen molar-refractivity contribution in [2.24, 2.45) is 0 Å². The molecule has 1 atom stereocenters. The number of fused-ring (bicyclic) bond motifs is 1. The molecule has 7 nitrogen and oxygen atoms in total. The third-order valence-corrected chi connectivity index (χ3v) is 4.63. The number of ketones is 1. The van der Waals surface area contributed by atoms with E-state index in [0.717, 1.165) is 19.4 Å².